The van der Waals surface area contributed by atoms with E-state index in [1.807, 2.05) is 4.90 Å². The van der Waals surface area contributed by atoms with Gasteiger partial charge in [-0.25, -0.2) is 22.6 Å². The van der Waals surface area contributed by atoms with Crippen LogP contribution in [0.4, 0.5) is 15.9 Å². The number of benzene rings is 1. The van der Waals surface area contributed by atoms with Crippen molar-refractivity contribution in [1.29, 1.82) is 0 Å². The van der Waals surface area contributed by atoms with Crippen LogP contribution in [0, 0.1) is 11.7 Å². The molecule has 4 rings (SSSR count). The van der Waals surface area contributed by atoms with Crippen molar-refractivity contribution in [2.45, 2.75) is 30.6 Å². The van der Waals surface area contributed by atoms with E-state index in [1.165, 1.54) is 37.2 Å². The molecule has 8 nitrogen and oxygen atoms in total. The third kappa shape index (κ3) is 5.18. The zero-order valence-electron chi connectivity index (χ0n) is 17.7. The second-order valence-corrected chi connectivity index (χ2v) is 10.1. The number of hydrogen-bond acceptors (Lipinski definition) is 6. The van der Waals surface area contributed by atoms with Crippen molar-refractivity contribution in [3.8, 4) is 0 Å². The molecular weight excluding hydrogens is 435 g/mol. The lowest BCUT2D eigenvalue weighted by molar-refractivity contribution is 0.0696. The number of hydrogen-bond donors (Lipinski definition) is 2. The molecule has 0 bridgehead atoms. The van der Waals surface area contributed by atoms with Crippen LogP contribution in [0.5, 0.6) is 0 Å². The van der Waals surface area contributed by atoms with Crippen molar-refractivity contribution in [3.05, 3.63) is 47.9 Å². The van der Waals surface area contributed by atoms with Crippen LogP contribution in [0.15, 0.2) is 41.4 Å². The van der Waals surface area contributed by atoms with E-state index in [2.05, 4.69) is 14.6 Å². The average molecular weight is 463 g/mol. The van der Waals surface area contributed by atoms with E-state index < -0.39 is 21.8 Å². The number of carboxylic acids is 1. The first-order valence-electron chi connectivity index (χ1n) is 10.8. The van der Waals surface area contributed by atoms with Crippen LogP contribution in [0.2, 0.25) is 0 Å². The van der Waals surface area contributed by atoms with Gasteiger partial charge in [0.05, 0.1) is 16.1 Å². The van der Waals surface area contributed by atoms with E-state index in [0.29, 0.717) is 18.3 Å². The van der Waals surface area contributed by atoms with E-state index in [0.717, 1.165) is 51.2 Å². The first kappa shape index (κ1) is 22.5. The van der Waals surface area contributed by atoms with Gasteiger partial charge in [-0.15, -0.1) is 0 Å². The first-order chi connectivity index (χ1) is 15.3. The molecule has 172 valence electrons. The van der Waals surface area contributed by atoms with Crippen molar-refractivity contribution in [3.63, 3.8) is 0 Å². The van der Waals surface area contributed by atoms with Crippen molar-refractivity contribution in [2.24, 2.45) is 5.92 Å². The molecule has 1 aromatic carbocycles. The molecule has 0 amide bonds. The fraction of sp³-hybridized carbons (Fsp3) is 0.455. The molecule has 2 aliphatic heterocycles. The Bertz CT molecular complexity index is 1070. The molecule has 3 heterocycles. The lowest BCUT2D eigenvalue weighted by Crippen LogP contribution is -2.41. The molecule has 2 fully saturated rings. The molecule has 2 saturated heterocycles. The molecule has 2 N–H and O–H groups in total. The molecule has 2 aliphatic rings. The first-order valence-corrected chi connectivity index (χ1v) is 12.3. The standard InChI is InChI=1S/C22H27FN4O4S/c23-18-5-7-19(8-6-18)32(30,31)25-20-12-17(22(28)29)13-24-21(20)27-11-3-4-16(15-27)14-26-9-1-2-10-26/h5-8,12-13,16,25H,1-4,9-11,14-15H2,(H,28,29)/t16-/m0/s1. The maximum Gasteiger partial charge on any atom is 0.337 e. The van der Waals surface area contributed by atoms with Gasteiger partial charge in [0.1, 0.15) is 5.82 Å². The average Bonchev–Trinajstić information content (AvgIpc) is 3.27. The molecule has 0 aliphatic carbocycles. The van der Waals surface area contributed by atoms with Gasteiger partial charge in [0.2, 0.25) is 0 Å². The highest BCUT2D eigenvalue weighted by atomic mass is 32.2. The number of sulfonamides is 1. The Morgan fingerprint density at radius 3 is 2.56 bits per heavy atom. The molecule has 1 aromatic heterocycles. The van der Waals surface area contributed by atoms with Crippen molar-refractivity contribution >= 4 is 27.5 Å². The minimum Gasteiger partial charge on any atom is -0.478 e. The Morgan fingerprint density at radius 1 is 1.16 bits per heavy atom. The van der Waals surface area contributed by atoms with Crippen molar-refractivity contribution in [2.75, 3.05) is 42.3 Å². The quantitative estimate of drug-likeness (QED) is 0.652. The van der Waals surface area contributed by atoms with E-state index in [9.17, 15) is 22.7 Å². The van der Waals surface area contributed by atoms with Gasteiger partial charge < -0.3 is 14.9 Å². The number of aromatic nitrogens is 1. The fourth-order valence-corrected chi connectivity index (χ4v) is 5.51. The van der Waals surface area contributed by atoms with E-state index in [1.54, 1.807) is 0 Å². The molecule has 0 saturated carbocycles. The van der Waals surface area contributed by atoms with Crippen LogP contribution in [0.25, 0.3) is 0 Å². The lowest BCUT2D eigenvalue weighted by atomic mass is 9.97. The zero-order chi connectivity index (χ0) is 22.7. The number of rotatable bonds is 7. The van der Waals surface area contributed by atoms with Gasteiger partial charge in [-0.1, -0.05) is 0 Å². The highest BCUT2D eigenvalue weighted by Gasteiger charge is 2.27. The highest BCUT2D eigenvalue weighted by Crippen LogP contribution is 2.31. The van der Waals surface area contributed by atoms with Crippen LogP contribution in [-0.4, -0.2) is 62.1 Å². The summed E-state index contributed by atoms with van der Waals surface area (Å²) in [4.78, 5) is 20.2. The zero-order valence-corrected chi connectivity index (χ0v) is 18.5. The summed E-state index contributed by atoms with van der Waals surface area (Å²) in [6.07, 6.45) is 5.74. The van der Waals surface area contributed by atoms with Gasteiger partial charge in [-0.3, -0.25) is 4.72 Å². The Morgan fingerprint density at radius 2 is 1.88 bits per heavy atom. The summed E-state index contributed by atoms with van der Waals surface area (Å²) in [7, 11) is -4.05. The van der Waals surface area contributed by atoms with E-state index in [-0.39, 0.29) is 16.1 Å². The second-order valence-electron chi connectivity index (χ2n) is 8.42. The van der Waals surface area contributed by atoms with Crippen molar-refractivity contribution < 1.29 is 22.7 Å². The summed E-state index contributed by atoms with van der Waals surface area (Å²) in [5, 5.41) is 9.38. The minimum atomic E-state index is -4.05. The normalized spacial score (nSPS) is 19.8. The predicted octanol–water partition coefficient (Wildman–Crippen LogP) is 3.03. The Kier molecular flexibility index (Phi) is 6.61. The number of anilines is 2. The number of aromatic carboxylic acids is 1. The van der Waals surface area contributed by atoms with E-state index in [4.69, 9.17) is 0 Å². The number of piperidine rings is 1. The molecule has 32 heavy (non-hydrogen) atoms. The van der Waals surface area contributed by atoms with Gasteiger partial charge in [-0.2, -0.15) is 0 Å². The maximum atomic E-state index is 13.2. The molecule has 0 radical (unpaired) electrons. The number of carboxylic acid groups (broad SMARTS) is 1. The Balaban J connectivity index is 1.60. The number of nitrogens with one attached hydrogen (secondary N) is 1. The highest BCUT2D eigenvalue weighted by molar-refractivity contribution is 7.92. The maximum absolute atomic E-state index is 13.2. The molecule has 1 atom stereocenters. The SMILES string of the molecule is O=C(O)c1cnc(N2CCC[C@@H](CN3CCCC3)C2)c(NS(=O)(=O)c2ccc(F)cc2)c1. The van der Waals surface area contributed by atoms with Crippen LogP contribution in [0.1, 0.15) is 36.0 Å². The molecule has 10 heteroatoms. The molecule has 2 aromatic rings. The summed E-state index contributed by atoms with van der Waals surface area (Å²) < 4.78 is 41.5. The number of nitrogens with zero attached hydrogens (tertiary/aromatic N) is 3. The molecule has 0 unspecified atom stereocenters. The van der Waals surface area contributed by atoms with Crippen LogP contribution < -0.4 is 9.62 Å². The van der Waals surface area contributed by atoms with Gasteiger partial charge in [0.25, 0.3) is 10.0 Å². The summed E-state index contributed by atoms with van der Waals surface area (Å²) in [5.74, 6) is -0.899. The summed E-state index contributed by atoms with van der Waals surface area (Å²) in [5.41, 5.74) is -0.00719. The number of halogens is 1. The van der Waals surface area contributed by atoms with Crippen LogP contribution in [0.3, 0.4) is 0 Å². The van der Waals surface area contributed by atoms with Gasteiger partial charge in [0.15, 0.2) is 5.82 Å². The Hall–Kier alpha value is -2.72. The fourth-order valence-electron chi connectivity index (χ4n) is 4.46. The summed E-state index contributed by atoms with van der Waals surface area (Å²) in [6.45, 7) is 4.66. The Labute approximate surface area is 187 Å². The number of pyridine rings is 1. The topological polar surface area (TPSA) is 103 Å². The second kappa shape index (κ2) is 9.41. The van der Waals surface area contributed by atoms with Gasteiger partial charge in [0, 0.05) is 25.8 Å². The predicted molar refractivity (Wildman–Crippen MR) is 119 cm³/mol. The van der Waals surface area contributed by atoms with Gasteiger partial charge >= 0.3 is 5.97 Å². The summed E-state index contributed by atoms with van der Waals surface area (Å²) >= 11 is 0. The monoisotopic (exact) mass is 462 g/mol. The van der Waals surface area contributed by atoms with Crippen LogP contribution in [-0.2, 0) is 10.0 Å². The minimum absolute atomic E-state index is 0.107. The van der Waals surface area contributed by atoms with Gasteiger partial charge in [-0.05, 0) is 75.0 Å². The number of carbonyl (C=O) groups is 1. The smallest absolute Gasteiger partial charge is 0.337 e. The van der Waals surface area contributed by atoms with E-state index >= 15 is 0 Å². The molecular formula is C22H27FN4O4S. The molecule has 0 spiro atoms. The number of likely N-dealkylation sites (tertiary alicyclic amines) is 1. The lowest BCUT2D eigenvalue weighted by Gasteiger charge is -2.36. The summed E-state index contributed by atoms with van der Waals surface area (Å²) in [6, 6.07) is 5.75. The largest absolute Gasteiger partial charge is 0.478 e. The van der Waals surface area contributed by atoms with Crippen molar-refractivity contribution in [1.82, 2.24) is 9.88 Å². The van der Waals surface area contributed by atoms with Crippen LogP contribution >= 0.6 is 0 Å². The third-order valence-electron chi connectivity index (χ3n) is 6.02. The third-order valence-corrected chi connectivity index (χ3v) is 7.40.